The van der Waals surface area contributed by atoms with Crippen molar-refractivity contribution >= 4 is 17.5 Å². The maximum absolute atomic E-state index is 12.8. The summed E-state index contributed by atoms with van der Waals surface area (Å²) in [5, 5.41) is 3.04. The van der Waals surface area contributed by atoms with Gasteiger partial charge in [0.25, 0.3) is 0 Å². The highest BCUT2D eigenvalue weighted by atomic mass is 16.5. The molecular weight excluding hydrogens is 344 g/mol. The molecule has 1 aromatic carbocycles. The minimum absolute atomic E-state index is 0.000435. The van der Waals surface area contributed by atoms with Gasteiger partial charge in [-0.15, -0.1) is 0 Å². The average Bonchev–Trinajstić information content (AvgIpc) is 3.44. The molecule has 1 unspecified atom stereocenters. The second kappa shape index (κ2) is 7.41. The first-order chi connectivity index (χ1) is 13.0. The number of likely N-dealkylation sites (tertiary alicyclic amines) is 1. The van der Waals surface area contributed by atoms with E-state index < -0.39 is 0 Å². The molecule has 27 heavy (non-hydrogen) atoms. The summed E-state index contributed by atoms with van der Waals surface area (Å²) in [4.78, 5) is 26.9. The third-order valence-electron chi connectivity index (χ3n) is 5.66. The second-order valence-corrected chi connectivity index (χ2v) is 7.88. The Hall–Kier alpha value is -2.24. The topological polar surface area (TPSA) is 67.9 Å². The molecular formula is C21H28N2O4. The first-order valence-electron chi connectivity index (χ1n) is 10.1. The number of rotatable bonds is 5. The van der Waals surface area contributed by atoms with E-state index in [2.05, 4.69) is 5.32 Å². The van der Waals surface area contributed by atoms with Crippen molar-refractivity contribution in [3.63, 3.8) is 0 Å². The average molecular weight is 372 g/mol. The molecule has 0 aromatic heterocycles. The van der Waals surface area contributed by atoms with E-state index in [9.17, 15) is 9.59 Å². The highest BCUT2D eigenvalue weighted by Crippen LogP contribution is 2.38. The van der Waals surface area contributed by atoms with E-state index in [1.54, 1.807) is 0 Å². The van der Waals surface area contributed by atoms with Crippen molar-refractivity contribution in [1.82, 2.24) is 4.90 Å². The van der Waals surface area contributed by atoms with Crippen LogP contribution in [0.25, 0.3) is 0 Å². The van der Waals surface area contributed by atoms with Crippen LogP contribution < -0.4 is 14.8 Å². The number of fused-ring (bicyclic) bond motifs is 1. The van der Waals surface area contributed by atoms with Crippen LogP contribution in [0, 0.1) is 11.8 Å². The van der Waals surface area contributed by atoms with Gasteiger partial charge in [0.1, 0.15) is 17.6 Å². The molecule has 4 rings (SSSR count). The molecule has 1 aliphatic carbocycles. The Morgan fingerprint density at radius 1 is 1.19 bits per heavy atom. The lowest BCUT2D eigenvalue weighted by Gasteiger charge is -2.31. The van der Waals surface area contributed by atoms with Crippen LogP contribution >= 0.6 is 0 Å². The van der Waals surface area contributed by atoms with Gasteiger partial charge in [0.05, 0.1) is 12.3 Å². The zero-order valence-corrected chi connectivity index (χ0v) is 16.1. The van der Waals surface area contributed by atoms with E-state index in [1.807, 2.05) is 30.9 Å². The Bertz CT molecular complexity index is 736. The van der Waals surface area contributed by atoms with Gasteiger partial charge in [0, 0.05) is 43.0 Å². The highest BCUT2D eigenvalue weighted by Gasteiger charge is 2.36. The number of benzene rings is 1. The molecule has 1 aromatic rings. The summed E-state index contributed by atoms with van der Waals surface area (Å²) in [5.74, 6) is 1.97. The summed E-state index contributed by atoms with van der Waals surface area (Å²) in [5.41, 5.74) is 1.79. The summed E-state index contributed by atoms with van der Waals surface area (Å²) in [7, 11) is 0. The molecule has 6 heteroatoms. The molecule has 2 heterocycles. The molecule has 2 amide bonds. The first-order valence-corrected chi connectivity index (χ1v) is 10.1. The Kier molecular flexibility index (Phi) is 4.98. The van der Waals surface area contributed by atoms with Crippen LogP contribution in [-0.4, -0.2) is 42.5 Å². The Morgan fingerprint density at radius 3 is 2.59 bits per heavy atom. The fraction of sp³-hybridized carbons (Fsp3) is 0.619. The van der Waals surface area contributed by atoms with Crippen LogP contribution in [0.15, 0.2) is 12.1 Å². The number of carbonyl (C=O) groups is 2. The van der Waals surface area contributed by atoms with E-state index in [0.717, 1.165) is 30.6 Å². The van der Waals surface area contributed by atoms with Crippen LogP contribution in [0.3, 0.4) is 0 Å². The monoisotopic (exact) mass is 372 g/mol. The van der Waals surface area contributed by atoms with Gasteiger partial charge in [0.2, 0.25) is 11.8 Å². The van der Waals surface area contributed by atoms with Crippen LogP contribution in [0.5, 0.6) is 11.5 Å². The lowest BCUT2D eigenvalue weighted by atomic mass is 9.95. The van der Waals surface area contributed by atoms with Gasteiger partial charge in [-0.3, -0.25) is 9.59 Å². The standard InChI is InChI=1S/C21H28N2O4/c1-3-26-19-11-16-10-13(2)27-18(16)12-17(19)22-20(24)14-6-8-23(9-7-14)21(25)15-4-5-15/h11-15H,3-10H2,1-2H3,(H,22,24). The number of nitrogens with zero attached hydrogens (tertiary/aromatic N) is 1. The third-order valence-corrected chi connectivity index (χ3v) is 5.66. The zero-order chi connectivity index (χ0) is 19.0. The molecule has 1 atom stereocenters. The summed E-state index contributed by atoms with van der Waals surface area (Å²) in [6.45, 7) is 5.87. The van der Waals surface area contributed by atoms with E-state index in [1.165, 1.54) is 0 Å². The molecule has 0 radical (unpaired) electrons. The number of hydrogen-bond acceptors (Lipinski definition) is 4. The maximum Gasteiger partial charge on any atom is 0.227 e. The highest BCUT2D eigenvalue weighted by molar-refractivity contribution is 5.94. The van der Waals surface area contributed by atoms with Crippen molar-refractivity contribution in [3.8, 4) is 11.5 Å². The van der Waals surface area contributed by atoms with Crippen LogP contribution in [0.2, 0.25) is 0 Å². The fourth-order valence-electron chi connectivity index (χ4n) is 4.00. The minimum atomic E-state index is -0.0733. The van der Waals surface area contributed by atoms with Gasteiger partial charge in [-0.05, 0) is 45.6 Å². The number of hydrogen-bond donors (Lipinski definition) is 1. The van der Waals surface area contributed by atoms with Crippen molar-refractivity contribution in [2.24, 2.45) is 11.8 Å². The predicted molar refractivity (Wildman–Crippen MR) is 102 cm³/mol. The van der Waals surface area contributed by atoms with Crippen LogP contribution in [-0.2, 0) is 16.0 Å². The molecule has 3 aliphatic rings. The normalized spacial score (nSPS) is 22.1. The van der Waals surface area contributed by atoms with Gasteiger partial charge in [-0.25, -0.2) is 0 Å². The van der Waals surface area contributed by atoms with Crippen molar-refractivity contribution < 1.29 is 19.1 Å². The number of amides is 2. The number of carbonyl (C=O) groups excluding carboxylic acids is 2. The Morgan fingerprint density at radius 2 is 1.93 bits per heavy atom. The quantitative estimate of drug-likeness (QED) is 0.863. The summed E-state index contributed by atoms with van der Waals surface area (Å²) in [6.07, 6.45) is 4.49. The second-order valence-electron chi connectivity index (χ2n) is 7.88. The van der Waals surface area contributed by atoms with Gasteiger partial charge < -0.3 is 19.7 Å². The van der Waals surface area contributed by atoms with E-state index in [0.29, 0.717) is 44.0 Å². The van der Waals surface area contributed by atoms with E-state index in [4.69, 9.17) is 9.47 Å². The zero-order valence-electron chi connectivity index (χ0n) is 16.1. The summed E-state index contributed by atoms with van der Waals surface area (Å²) >= 11 is 0. The van der Waals surface area contributed by atoms with Crippen molar-refractivity contribution in [2.45, 2.75) is 52.1 Å². The van der Waals surface area contributed by atoms with Gasteiger partial charge in [-0.2, -0.15) is 0 Å². The number of anilines is 1. The van der Waals surface area contributed by atoms with E-state index >= 15 is 0 Å². The molecule has 1 saturated carbocycles. The lowest BCUT2D eigenvalue weighted by molar-refractivity contribution is -0.135. The number of piperidine rings is 1. The Labute approximate surface area is 160 Å². The Balaban J connectivity index is 1.40. The fourth-order valence-corrected chi connectivity index (χ4v) is 4.00. The number of ether oxygens (including phenoxy) is 2. The minimum Gasteiger partial charge on any atom is -0.492 e. The van der Waals surface area contributed by atoms with Crippen LogP contribution in [0.4, 0.5) is 5.69 Å². The maximum atomic E-state index is 12.8. The molecule has 1 saturated heterocycles. The summed E-state index contributed by atoms with van der Waals surface area (Å²) in [6, 6.07) is 3.86. The van der Waals surface area contributed by atoms with Crippen molar-refractivity contribution in [3.05, 3.63) is 17.7 Å². The van der Waals surface area contributed by atoms with Gasteiger partial charge >= 0.3 is 0 Å². The molecule has 0 spiro atoms. The molecule has 146 valence electrons. The largest absolute Gasteiger partial charge is 0.492 e. The van der Waals surface area contributed by atoms with Crippen LogP contribution in [0.1, 0.15) is 45.1 Å². The molecule has 2 fully saturated rings. The molecule has 6 nitrogen and oxygen atoms in total. The molecule has 2 aliphatic heterocycles. The predicted octanol–water partition coefficient (Wildman–Crippen LogP) is 3.00. The van der Waals surface area contributed by atoms with Gasteiger partial charge in [-0.1, -0.05) is 0 Å². The molecule has 0 bridgehead atoms. The smallest absolute Gasteiger partial charge is 0.227 e. The lowest BCUT2D eigenvalue weighted by Crippen LogP contribution is -2.42. The van der Waals surface area contributed by atoms with Gasteiger partial charge in [0.15, 0.2) is 0 Å². The SMILES string of the molecule is CCOc1cc2c(cc1NC(=O)C1CCN(C(=O)C3CC3)CC1)OC(C)C2. The van der Waals surface area contributed by atoms with Crippen molar-refractivity contribution in [2.75, 3.05) is 25.0 Å². The first kappa shape index (κ1) is 18.1. The van der Waals surface area contributed by atoms with Crippen molar-refractivity contribution in [1.29, 1.82) is 0 Å². The summed E-state index contributed by atoms with van der Waals surface area (Å²) < 4.78 is 11.6. The third kappa shape index (κ3) is 3.89. The van der Waals surface area contributed by atoms with E-state index in [-0.39, 0.29) is 29.8 Å². The number of nitrogens with one attached hydrogen (secondary N) is 1. The molecule has 1 N–H and O–H groups in total.